The van der Waals surface area contributed by atoms with Gasteiger partial charge in [-0.2, -0.15) is 0 Å². The van der Waals surface area contributed by atoms with Gasteiger partial charge in [0.25, 0.3) is 0 Å². The summed E-state index contributed by atoms with van der Waals surface area (Å²) in [7, 11) is 0. The minimum absolute atomic E-state index is 0.0102. The molecule has 0 radical (unpaired) electrons. The molecule has 1 saturated carbocycles. The van der Waals surface area contributed by atoms with E-state index in [1.807, 2.05) is 39.8 Å². The number of carbonyl (C=O) groups excluding carboxylic acids is 3. The molecule has 0 aliphatic heterocycles. The summed E-state index contributed by atoms with van der Waals surface area (Å²) in [6.45, 7) is 18.5. The molecule has 3 atom stereocenters. The van der Waals surface area contributed by atoms with Crippen LogP contribution in [0.3, 0.4) is 0 Å². The van der Waals surface area contributed by atoms with Crippen LogP contribution in [0.1, 0.15) is 67.2 Å². The van der Waals surface area contributed by atoms with Gasteiger partial charge in [0.1, 0.15) is 11.6 Å². The minimum Gasteiger partial charge on any atom is -0.299 e. The van der Waals surface area contributed by atoms with Gasteiger partial charge in [-0.3, -0.25) is 14.4 Å². The predicted molar refractivity (Wildman–Crippen MR) is 107 cm³/mol. The van der Waals surface area contributed by atoms with Crippen LogP contribution in [0.25, 0.3) is 0 Å². The molecule has 1 rings (SSSR count). The van der Waals surface area contributed by atoms with Gasteiger partial charge in [-0.1, -0.05) is 37.6 Å². The zero-order valence-electron chi connectivity index (χ0n) is 17.3. The first-order valence-corrected chi connectivity index (χ1v) is 9.36. The van der Waals surface area contributed by atoms with Gasteiger partial charge >= 0.3 is 0 Å². The van der Waals surface area contributed by atoms with E-state index in [0.717, 1.165) is 5.57 Å². The summed E-state index contributed by atoms with van der Waals surface area (Å²) in [5.74, 6) is -0.549. The lowest BCUT2D eigenvalue weighted by Crippen LogP contribution is -2.64. The molecule has 0 aromatic rings. The van der Waals surface area contributed by atoms with Crippen LogP contribution >= 0.6 is 0 Å². The Morgan fingerprint density at radius 2 is 1.62 bits per heavy atom. The highest BCUT2D eigenvalue weighted by Gasteiger charge is 2.67. The van der Waals surface area contributed by atoms with Crippen LogP contribution in [0.15, 0.2) is 37.0 Å². The molecule has 144 valence electrons. The number of hydrogen-bond acceptors (Lipinski definition) is 3. The predicted octanol–water partition coefficient (Wildman–Crippen LogP) is 5.26. The van der Waals surface area contributed by atoms with E-state index < -0.39 is 16.2 Å². The van der Waals surface area contributed by atoms with Crippen LogP contribution in [0, 0.1) is 22.2 Å². The van der Waals surface area contributed by atoms with Crippen molar-refractivity contribution in [2.75, 3.05) is 0 Å². The normalized spacial score (nSPS) is 30.4. The van der Waals surface area contributed by atoms with Crippen molar-refractivity contribution >= 4 is 17.3 Å². The molecule has 1 aliphatic rings. The lowest BCUT2D eigenvalue weighted by Gasteiger charge is -2.57. The fraction of sp³-hybridized carbons (Fsp3) is 0.609. The molecule has 3 heteroatoms. The smallest absolute Gasteiger partial charge is 0.161 e. The Morgan fingerprint density at radius 3 is 2.00 bits per heavy atom. The molecule has 0 bridgehead atoms. The van der Waals surface area contributed by atoms with Crippen molar-refractivity contribution < 1.29 is 14.4 Å². The second-order valence-corrected chi connectivity index (χ2v) is 8.55. The van der Waals surface area contributed by atoms with Crippen LogP contribution < -0.4 is 0 Å². The first-order chi connectivity index (χ1) is 11.9. The van der Waals surface area contributed by atoms with E-state index in [4.69, 9.17) is 0 Å². The molecule has 0 heterocycles. The highest BCUT2D eigenvalue weighted by atomic mass is 16.2. The first-order valence-electron chi connectivity index (χ1n) is 9.36. The standard InChI is InChI=1S/C23H34O3/c1-9-11-19-15-22(13-10-2,17(5)24)20(26)23(18(6)25,21(19,7)8)14-12-16(3)4/h9-10,12,19H,1-2,11,13-15H2,3-8H3/t19-,22-,23+/m1/s1. The second-order valence-electron chi connectivity index (χ2n) is 8.55. The molecule has 0 aromatic heterocycles. The molecule has 0 N–H and O–H groups in total. The SMILES string of the molecule is C=CC[C@@H]1C[C@](CC=C)(C(C)=O)C(=O)[C@](CC=C(C)C)(C(C)=O)C1(C)C. The highest BCUT2D eigenvalue weighted by molar-refractivity contribution is 6.18. The topological polar surface area (TPSA) is 51.2 Å². The van der Waals surface area contributed by atoms with Gasteiger partial charge in [-0.05, 0) is 64.7 Å². The number of ketones is 3. The Balaban J connectivity index is 3.83. The van der Waals surface area contributed by atoms with Gasteiger partial charge in [0.05, 0.1) is 10.8 Å². The number of carbonyl (C=O) groups is 3. The Labute approximate surface area is 158 Å². The summed E-state index contributed by atoms with van der Waals surface area (Å²) in [6, 6.07) is 0. The third-order valence-electron chi connectivity index (χ3n) is 6.57. The Bertz CT molecular complexity index is 648. The fourth-order valence-electron chi connectivity index (χ4n) is 4.74. The lowest BCUT2D eigenvalue weighted by atomic mass is 9.43. The van der Waals surface area contributed by atoms with Crippen molar-refractivity contribution in [1.82, 2.24) is 0 Å². The van der Waals surface area contributed by atoms with Crippen molar-refractivity contribution in [1.29, 1.82) is 0 Å². The second kappa shape index (κ2) is 7.85. The minimum atomic E-state index is -1.22. The van der Waals surface area contributed by atoms with Crippen LogP contribution in [-0.2, 0) is 14.4 Å². The van der Waals surface area contributed by atoms with Gasteiger partial charge in [-0.25, -0.2) is 0 Å². The fourth-order valence-corrected chi connectivity index (χ4v) is 4.74. The largest absolute Gasteiger partial charge is 0.299 e. The van der Waals surface area contributed by atoms with Crippen molar-refractivity contribution in [2.45, 2.75) is 67.2 Å². The maximum absolute atomic E-state index is 13.9. The van der Waals surface area contributed by atoms with E-state index in [-0.39, 0.29) is 29.7 Å². The zero-order valence-corrected chi connectivity index (χ0v) is 17.3. The molecule has 0 spiro atoms. The average Bonchev–Trinajstić information content (AvgIpc) is 2.51. The lowest BCUT2D eigenvalue weighted by molar-refractivity contribution is -0.172. The first kappa shape index (κ1) is 22.3. The summed E-state index contributed by atoms with van der Waals surface area (Å²) < 4.78 is 0. The Kier molecular flexibility index (Phi) is 6.73. The summed E-state index contributed by atoms with van der Waals surface area (Å²) in [4.78, 5) is 39.6. The number of Topliss-reactive ketones (excluding diaryl/α,β-unsaturated/α-hetero) is 3. The maximum atomic E-state index is 13.9. The van der Waals surface area contributed by atoms with E-state index in [0.29, 0.717) is 19.3 Å². The molecular weight excluding hydrogens is 324 g/mol. The van der Waals surface area contributed by atoms with Crippen molar-refractivity contribution in [3.05, 3.63) is 37.0 Å². The van der Waals surface area contributed by atoms with Crippen LogP contribution in [0.4, 0.5) is 0 Å². The third-order valence-corrected chi connectivity index (χ3v) is 6.57. The van der Waals surface area contributed by atoms with Crippen molar-refractivity contribution in [3.63, 3.8) is 0 Å². The van der Waals surface area contributed by atoms with Crippen molar-refractivity contribution in [2.24, 2.45) is 22.2 Å². The van der Waals surface area contributed by atoms with Gasteiger partial charge < -0.3 is 0 Å². The molecule has 0 unspecified atom stereocenters. The summed E-state index contributed by atoms with van der Waals surface area (Å²) in [5, 5.41) is 0. The molecular formula is C23H34O3. The molecule has 1 aliphatic carbocycles. The van der Waals surface area contributed by atoms with E-state index in [1.54, 1.807) is 6.08 Å². The zero-order chi connectivity index (χ0) is 20.3. The number of hydrogen-bond donors (Lipinski definition) is 0. The molecule has 0 amide bonds. The Hall–Kier alpha value is -1.77. The monoisotopic (exact) mass is 358 g/mol. The summed E-state index contributed by atoms with van der Waals surface area (Å²) >= 11 is 0. The number of rotatable bonds is 8. The van der Waals surface area contributed by atoms with E-state index in [1.165, 1.54) is 13.8 Å². The average molecular weight is 359 g/mol. The van der Waals surface area contributed by atoms with Gasteiger partial charge in [0.15, 0.2) is 5.78 Å². The van der Waals surface area contributed by atoms with Crippen LogP contribution in [0.5, 0.6) is 0 Å². The van der Waals surface area contributed by atoms with Gasteiger partial charge in [0, 0.05) is 0 Å². The molecule has 0 aromatic carbocycles. The third kappa shape index (κ3) is 3.28. The van der Waals surface area contributed by atoms with E-state index >= 15 is 0 Å². The van der Waals surface area contributed by atoms with E-state index in [2.05, 4.69) is 13.2 Å². The quantitative estimate of drug-likeness (QED) is 0.439. The molecule has 26 heavy (non-hydrogen) atoms. The highest BCUT2D eigenvalue weighted by Crippen LogP contribution is 2.61. The summed E-state index contributed by atoms with van der Waals surface area (Å²) in [5.41, 5.74) is -1.91. The Morgan fingerprint density at radius 1 is 1.04 bits per heavy atom. The van der Waals surface area contributed by atoms with Gasteiger partial charge in [-0.15, -0.1) is 13.2 Å². The summed E-state index contributed by atoms with van der Waals surface area (Å²) in [6.07, 6.45) is 7.12. The van der Waals surface area contributed by atoms with Crippen molar-refractivity contribution in [3.8, 4) is 0 Å². The molecule has 1 fully saturated rings. The maximum Gasteiger partial charge on any atom is 0.161 e. The van der Waals surface area contributed by atoms with Gasteiger partial charge in [0.2, 0.25) is 0 Å². The molecule has 0 saturated heterocycles. The van der Waals surface area contributed by atoms with Crippen LogP contribution in [-0.4, -0.2) is 17.3 Å². The number of allylic oxidation sites excluding steroid dienone is 4. The van der Waals surface area contributed by atoms with Crippen LogP contribution in [0.2, 0.25) is 0 Å². The molecule has 3 nitrogen and oxygen atoms in total. The van der Waals surface area contributed by atoms with E-state index in [9.17, 15) is 14.4 Å².